The van der Waals surface area contributed by atoms with Crippen molar-refractivity contribution in [3.8, 4) is 24.3 Å². The Hall–Kier alpha value is -8.24. The number of anilines is 8. The Balaban J connectivity index is 0.000000263. The molecule has 2 aliphatic heterocycles. The van der Waals surface area contributed by atoms with Crippen molar-refractivity contribution in [2.75, 3.05) is 46.7 Å². The molecule has 0 saturated heterocycles. The predicted molar refractivity (Wildman–Crippen MR) is 300 cm³/mol. The van der Waals surface area contributed by atoms with Crippen molar-refractivity contribution in [2.45, 2.75) is 103 Å². The van der Waals surface area contributed by atoms with Gasteiger partial charge in [-0.25, -0.2) is 9.97 Å². The predicted octanol–water partition coefficient (Wildman–Crippen LogP) is 13.6. The highest BCUT2D eigenvalue weighted by Crippen LogP contribution is 2.52. The van der Waals surface area contributed by atoms with Gasteiger partial charge in [-0.1, -0.05) is 14.9 Å². The molecular weight excluding hydrogens is 960 g/mol. The zero-order valence-corrected chi connectivity index (χ0v) is 43.8. The molecule has 4 aromatic carbocycles. The lowest BCUT2D eigenvalue weighted by Gasteiger charge is -2.24. The van der Waals surface area contributed by atoms with Gasteiger partial charge in [0.05, 0.1) is 48.6 Å². The molecule has 8 rings (SSSR count). The number of hydrogen-bond acceptors (Lipinski definition) is 16. The summed E-state index contributed by atoms with van der Waals surface area (Å²) in [6.45, 7) is 21.3. The van der Waals surface area contributed by atoms with E-state index in [0.717, 1.165) is 111 Å². The van der Waals surface area contributed by atoms with Gasteiger partial charge in [-0.3, -0.25) is 9.36 Å². The van der Waals surface area contributed by atoms with E-state index in [9.17, 15) is 9.36 Å². The minimum atomic E-state index is -3.17. The highest BCUT2D eigenvalue weighted by Gasteiger charge is 2.32. The molecule has 6 aromatic rings. The summed E-state index contributed by atoms with van der Waals surface area (Å²) in [7, 11) is -3.17. The molecule has 2 aromatic heterocycles. The van der Waals surface area contributed by atoms with E-state index in [-0.39, 0.29) is 14.9 Å². The minimum Gasteiger partial charge on any atom is -0.325 e. The summed E-state index contributed by atoms with van der Waals surface area (Å²) in [6.07, 6.45) is 4.57. The van der Waals surface area contributed by atoms with Crippen molar-refractivity contribution < 1.29 is 18.4 Å². The number of carbonyl (C=O) groups is 1. The van der Waals surface area contributed by atoms with Crippen LogP contribution >= 0.6 is 7.60 Å². The third-order valence-electron chi connectivity index (χ3n) is 12.1. The number of nitrogens with one attached hydrogen (secondary N) is 2. The lowest BCUT2D eigenvalue weighted by molar-refractivity contribution is 0.112. The van der Waals surface area contributed by atoms with Crippen molar-refractivity contribution in [3.05, 3.63) is 145 Å². The average molecular weight is 1030 g/mol. The van der Waals surface area contributed by atoms with E-state index >= 15 is 0 Å². The number of benzene rings is 4. The molecule has 0 fully saturated rings. The summed E-state index contributed by atoms with van der Waals surface area (Å²) in [5, 5.41) is 42.1. The monoisotopic (exact) mass is 1030 g/mol. The zero-order valence-electron chi connectivity index (χ0n) is 43.0. The first-order valence-corrected chi connectivity index (χ1v) is 25.5. The van der Waals surface area contributed by atoms with E-state index in [1.165, 1.54) is 12.5 Å². The quantitative estimate of drug-likeness (QED) is 0.0622. The van der Waals surface area contributed by atoms with Gasteiger partial charge in [-0.15, -0.1) is 0 Å². The van der Waals surface area contributed by atoms with Gasteiger partial charge in [0.1, 0.15) is 23.6 Å². The molecule has 0 saturated carbocycles. The summed E-state index contributed by atoms with van der Waals surface area (Å²) in [5.41, 5.74) is 15.5. The lowest BCUT2D eigenvalue weighted by atomic mass is 10.0. The van der Waals surface area contributed by atoms with Crippen LogP contribution in [0.25, 0.3) is 6.08 Å². The Morgan fingerprint density at radius 1 is 0.667 bits per heavy atom. The van der Waals surface area contributed by atoms with Gasteiger partial charge in [0.2, 0.25) is 11.9 Å². The summed E-state index contributed by atoms with van der Waals surface area (Å²) >= 11 is 0. The minimum absolute atomic E-state index is 0. The molecule has 0 bridgehead atoms. The fourth-order valence-corrected chi connectivity index (χ4v) is 10.3. The third-order valence-corrected chi connectivity index (χ3v) is 14.4. The van der Waals surface area contributed by atoms with Gasteiger partial charge in [0.25, 0.3) is 0 Å². The Labute approximate surface area is 442 Å². The first-order chi connectivity index (χ1) is 35.0. The number of nitrogens with zero attached hydrogens (tertiary/aromatic N) is 10. The van der Waals surface area contributed by atoms with Gasteiger partial charge in [-0.05, 0) is 189 Å². The molecule has 16 nitrogen and oxygen atoms in total. The molecule has 0 aliphatic carbocycles. The number of rotatable bonds is 13. The molecule has 17 heteroatoms. The molecule has 0 spiro atoms. The smallest absolute Gasteiger partial charge is 0.325 e. The van der Waals surface area contributed by atoms with Gasteiger partial charge < -0.3 is 29.5 Å². The highest BCUT2D eigenvalue weighted by atomic mass is 31.2. The molecule has 1 atom stereocenters. The van der Waals surface area contributed by atoms with Crippen LogP contribution in [0.5, 0.6) is 0 Å². The largest absolute Gasteiger partial charge is 0.347 e. The van der Waals surface area contributed by atoms with E-state index in [4.69, 9.17) is 40.1 Å². The van der Waals surface area contributed by atoms with E-state index in [0.29, 0.717) is 47.4 Å². The number of fused-ring (bicyclic) bond motifs is 2. The number of carbonyl (C=O) groups excluding carboxylic acids is 1. The topological polar surface area (TPSA) is 230 Å². The van der Waals surface area contributed by atoms with Crippen molar-refractivity contribution in [1.29, 1.82) is 21.0 Å². The third kappa shape index (κ3) is 14.1. The standard InChI is InChI=1S/C26H24N6.C23H21N5O.C7H14NO3P.2CH4/c1-16(14-27)11-21-12-17(2)24(18(3)13-21)32-10-9-23-19(4)29-26(31-25(23)32)30-22-7-5-20(15-28)6-8-22;1-14-10-18(13-29)11-15(2)21(14)28-9-8-20-16(3)25-23(27-22(20)28)26-19-6-4-17(12-24)5-7-19;1-4-10-12(9,11-5-2)7(3)6-8;;/h5-8,11-13H,9-10H2,1-4H3,(H,29,30,31);4-7,10-11,13H,8-9H2,1-3H3,(H,25,26,27);7H,4-5H2,1-3H3;2*1H4/b16-11+;;;;. The van der Waals surface area contributed by atoms with Gasteiger partial charge >= 0.3 is 7.60 Å². The number of hydrogen-bond donors (Lipinski definition) is 2. The van der Waals surface area contributed by atoms with E-state index in [1.54, 1.807) is 38.1 Å². The number of aromatic nitrogens is 4. The Morgan fingerprint density at radius 2 is 1.05 bits per heavy atom. The maximum Gasteiger partial charge on any atom is 0.347 e. The van der Waals surface area contributed by atoms with Crippen LogP contribution in [0.1, 0.15) is 114 Å². The first-order valence-electron chi connectivity index (χ1n) is 23.9. The van der Waals surface area contributed by atoms with Crippen LogP contribution in [0.4, 0.5) is 46.3 Å². The van der Waals surface area contributed by atoms with Crippen LogP contribution in [0.3, 0.4) is 0 Å². The SMILES string of the molecule is C.C.C/C(C#N)=C\c1cc(C)c(N2CCc3c(C)nc(Nc4ccc(C#N)cc4)nc32)c(C)c1.CCOP(=O)(OCC)C(C)C#N.Cc1cc(C=O)cc(C)c1N1CCc2c(C)nc(Nc3ccc(C#N)cc3)nc21. The highest BCUT2D eigenvalue weighted by molar-refractivity contribution is 7.54. The first kappa shape index (κ1) is 59.3. The van der Waals surface area contributed by atoms with Crippen LogP contribution in [-0.4, -0.2) is 58.2 Å². The van der Waals surface area contributed by atoms with Crippen molar-refractivity contribution in [2.24, 2.45) is 0 Å². The van der Waals surface area contributed by atoms with Crippen LogP contribution in [0, 0.1) is 86.9 Å². The summed E-state index contributed by atoms with van der Waals surface area (Å²) in [5.74, 6) is 2.89. The van der Waals surface area contributed by atoms with Crippen molar-refractivity contribution in [3.63, 3.8) is 0 Å². The summed E-state index contributed by atoms with van der Waals surface area (Å²) in [4.78, 5) is 34.6. The maximum absolute atomic E-state index is 11.7. The van der Waals surface area contributed by atoms with E-state index in [2.05, 4.69) is 74.6 Å². The molecule has 0 radical (unpaired) electrons. The fraction of sp³-hybridized carbons (Fsp3) is 0.328. The van der Waals surface area contributed by atoms with Gasteiger partial charge in [0, 0.05) is 69.5 Å². The Bertz CT molecular complexity index is 3220. The molecule has 1 unspecified atom stereocenters. The van der Waals surface area contributed by atoms with Gasteiger partial charge in [0.15, 0.2) is 0 Å². The molecule has 75 heavy (non-hydrogen) atoms. The fourth-order valence-electron chi connectivity index (χ4n) is 8.87. The van der Waals surface area contributed by atoms with Crippen molar-refractivity contribution >= 4 is 66.2 Å². The lowest BCUT2D eigenvalue weighted by Crippen LogP contribution is -2.17. The summed E-state index contributed by atoms with van der Waals surface area (Å²) in [6, 6.07) is 30.8. The molecular formula is C58H67N12O4P. The van der Waals surface area contributed by atoms with Crippen LogP contribution in [-0.2, 0) is 26.5 Å². The second kappa shape index (κ2) is 26.6. The second-order valence-corrected chi connectivity index (χ2v) is 19.9. The molecule has 0 amide bonds. The van der Waals surface area contributed by atoms with Gasteiger partial charge in [-0.2, -0.15) is 31.0 Å². The Morgan fingerprint density at radius 3 is 1.39 bits per heavy atom. The zero-order chi connectivity index (χ0) is 53.0. The van der Waals surface area contributed by atoms with Crippen molar-refractivity contribution in [1.82, 2.24) is 19.9 Å². The van der Waals surface area contributed by atoms with E-state index in [1.807, 2.05) is 83.2 Å². The van der Waals surface area contributed by atoms with Crippen LogP contribution in [0.15, 0.2) is 78.4 Å². The van der Waals surface area contributed by atoms with Crippen LogP contribution < -0.4 is 20.4 Å². The molecule has 2 N–H and O–H groups in total. The number of nitriles is 4. The van der Waals surface area contributed by atoms with Crippen LogP contribution in [0.2, 0.25) is 0 Å². The van der Waals surface area contributed by atoms with E-state index < -0.39 is 13.3 Å². The molecule has 2 aliphatic rings. The second-order valence-electron chi connectivity index (χ2n) is 17.5. The Kier molecular flexibility index (Phi) is 21.1. The number of aryl methyl sites for hydroxylation is 6. The summed E-state index contributed by atoms with van der Waals surface area (Å²) < 4.78 is 21.5. The average Bonchev–Trinajstić information content (AvgIpc) is 3.99. The molecule has 388 valence electrons. The number of allylic oxidation sites excluding steroid dienone is 1. The normalized spacial score (nSPS) is 12.5. The number of aldehydes is 1. The molecule has 4 heterocycles. The maximum atomic E-state index is 11.7.